The van der Waals surface area contributed by atoms with Gasteiger partial charge in [0.25, 0.3) is 0 Å². The maximum Gasteiger partial charge on any atom is 0.131 e. The molecular weight excluding hydrogens is 268 g/mol. The van der Waals surface area contributed by atoms with Crippen LogP contribution in [-0.4, -0.2) is 0 Å². The third-order valence-electron chi connectivity index (χ3n) is 4.46. The van der Waals surface area contributed by atoms with Gasteiger partial charge in [-0.1, -0.05) is 30.7 Å². The second-order valence-corrected chi connectivity index (χ2v) is 5.90. The van der Waals surface area contributed by atoms with Gasteiger partial charge in [-0.3, -0.25) is 0 Å². The molecule has 1 aliphatic carbocycles. The number of rotatable bonds is 3. The predicted molar refractivity (Wildman–Crippen MR) is 80.2 cm³/mol. The van der Waals surface area contributed by atoms with Crippen molar-refractivity contribution < 1.29 is 8.78 Å². The first-order valence-corrected chi connectivity index (χ1v) is 7.37. The Kier molecular flexibility index (Phi) is 3.77. The zero-order valence-corrected chi connectivity index (χ0v) is 12.1. The van der Waals surface area contributed by atoms with E-state index < -0.39 is 17.7 Å². The van der Waals surface area contributed by atoms with Crippen LogP contribution in [0.1, 0.15) is 53.5 Å². The third kappa shape index (κ3) is 2.70. The smallest absolute Gasteiger partial charge is 0.131 e. The van der Waals surface area contributed by atoms with Gasteiger partial charge in [-0.2, -0.15) is 0 Å². The van der Waals surface area contributed by atoms with E-state index in [4.69, 9.17) is 5.73 Å². The highest BCUT2D eigenvalue weighted by Crippen LogP contribution is 2.37. The summed E-state index contributed by atoms with van der Waals surface area (Å²) in [6.07, 6.45) is 3.69. The fraction of sp³-hybridized carbons (Fsp3) is 0.333. The predicted octanol–water partition coefficient (Wildman–Crippen LogP) is 4.59. The number of hydrogen-bond acceptors (Lipinski definition) is 1. The molecule has 0 bridgehead atoms. The van der Waals surface area contributed by atoms with Crippen LogP contribution >= 0.6 is 0 Å². The van der Waals surface area contributed by atoms with Crippen LogP contribution in [0.2, 0.25) is 0 Å². The number of benzene rings is 2. The average Bonchev–Trinajstić information content (AvgIpc) is 2.40. The third-order valence-corrected chi connectivity index (χ3v) is 4.46. The van der Waals surface area contributed by atoms with Crippen LogP contribution in [0.4, 0.5) is 8.78 Å². The summed E-state index contributed by atoms with van der Waals surface area (Å²) in [4.78, 5) is 0. The summed E-state index contributed by atoms with van der Waals surface area (Å²) in [5, 5.41) is 0. The van der Waals surface area contributed by atoms with Crippen molar-refractivity contribution in [3.8, 4) is 0 Å². The average molecular weight is 287 g/mol. The van der Waals surface area contributed by atoms with E-state index in [0.717, 1.165) is 11.6 Å². The van der Waals surface area contributed by atoms with Gasteiger partial charge in [0, 0.05) is 11.6 Å². The lowest BCUT2D eigenvalue weighted by Crippen LogP contribution is -2.16. The molecule has 3 rings (SSSR count). The highest BCUT2D eigenvalue weighted by atomic mass is 19.1. The summed E-state index contributed by atoms with van der Waals surface area (Å²) in [6.45, 7) is 1.62. The lowest BCUT2D eigenvalue weighted by atomic mass is 9.79. The van der Waals surface area contributed by atoms with Gasteiger partial charge < -0.3 is 5.73 Å². The lowest BCUT2D eigenvalue weighted by Gasteiger charge is -2.26. The Balaban J connectivity index is 1.94. The molecule has 1 atom stereocenters. The molecule has 21 heavy (non-hydrogen) atoms. The summed E-state index contributed by atoms with van der Waals surface area (Å²) in [7, 11) is 0. The van der Waals surface area contributed by atoms with Crippen molar-refractivity contribution in [2.24, 2.45) is 5.73 Å². The van der Waals surface area contributed by atoms with Gasteiger partial charge in [0.1, 0.15) is 11.6 Å². The van der Waals surface area contributed by atoms with Crippen LogP contribution in [0.25, 0.3) is 0 Å². The van der Waals surface area contributed by atoms with Crippen LogP contribution in [0.3, 0.4) is 0 Å². The zero-order valence-electron chi connectivity index (χ0n) is 12.1. The van der Waals surface area contributed by atoms with Gasteiger partial charge in [-0.25, -0.2) is 8.78 Å². The molecule has 110 valence electrons. The normalized spacial score (nSPS) is 16.6. The maximum absolute atomic E-state index is 14.0. The fourth-order valence-electron chi connectivity index (χ4n) is 2.85. The Morgan fingerprint density at radius 1 is 1.10 bits per heavy atom. The molecule has 0 amide bonds. The Morgan fingerprint density at radius 3 is 2.52 bits per heavy atom. The monoisotopic (exact) mass is 287 g/mol. The van der Waals surface area contributed by atoms with Crippen molar-refractivity contribution >= 4 is 0 Å². The van der Waals surface area contributed by atoms with Crippen LogP contribution in [0.15, 0.2) is 36.4 Å². The van der Waals surface area contributed by atoms with Crippen molar-refractivity contribution in [1.82, 2.24) is 0 Å². The summed E-state index contributed by atoms with van der Waals surface area (Å²) in [5.74, 6) is -0.511. The molecule has 2 aromatic rings. The Hall–Kier alpha value is -1.74. The summed E-state index contributed by atoms with van der Waals surface area (Å²) < 4.78 is 27.4. The lowest BCUT2D eigenvalue weighted by molar-refractivity contribution is 0.419. The number of nitrogens with two attached hydrogens (primary N) is 1. The molecule has 1 fully saturated rings. The van der Waals surface area contributed by atoms with Gasteiger partial charge in [0.05, 0.1) is 6.04 Å². The molecule has 0 radical (unpaired) electrons. The Morgan fingerprint density at radius 2 is 1.86 bits per heavy atom. The van der Waals surface area contributed by atoms with Crippen LogP contribution < -0.4 is 5.73 Å². The zero-order chi connectivity index (χ0) is 15.0. The molecule has 2 N–H and O–H groups in total. The summed E-state index contributed by atoms with van der Waals surface area (Å²) in [5.41, 5.74) is 9.11. The molecule has 1 unspecified atom stereocenters. The first-order chi connectivity index (χ1) is 10.1. The highest BCUT2D eigenvalue weighted by molar-refractivity contribution is 5.38. The molecule has 2 aromatic carbocycles. The van der Waals surface area contributed by atoms with E-state index in [1.807, 2.05) is 12.1 Å². The van der Waals surface area contributed by atoms with Crippen molar-refractivity contribution in [2.45, 2.75) is 38.1 Å². The largest absolute Gasteiger partial charge is 0.320 e. The van der Waals surface area contributed by atoms with Gasteiger partial charge in [-0.15, -0.1) is 0 Å². The van der Waals surface area contributed by atoms with Gasteiger partial charge in [-0.05, 0) is 48.4 Å². The van der Waals surface area contributed by atoms with E-state index in [2.05, 4.69) is 12.1 Å². The molecule has 0 saturated heterocycles. The minimum Gasteiger partial charge on any atom is -0.320 e. The van der Waals surface area contributed by atoms with E-state index in [-0.39, 0.29) is 0 Å². The summed E-state index contributed by atoms with van der Waals surface area (Å²) in [6, 6.07) is 9.90. The van der Waals surface area contributed by atoms with Crippen molar-refractivity contribution in [3.63, 3.8) is 0 Å². The molecule has 3 heteroatoms. The van der Waals surface area contributed by atoms with E-state index in [9.17, 15) is 8.78 Å². The van der Waals surface area contributed by atoms with Crippen molar-refractivity contribution in [2.75, 3.05) is 0 Å². The Bertz CT molecular complexity index is 662. The molecule has 0 heterocycles. The molecule has 1 saturated carbocycles. The molecule has 0 aromatic heterocycles. The van der Waals surface area contributed by atoms with Crippen molar-refractivity contribution in [3.05, 3.63) is 70.3 Å². The minimum absolute atomic E-state index is 0.347. The van der Waals surface area contributed by atoms with E-state index >= 15 is 0 Å². The SMILES string of the molecule is Cc1cc(C(N)c2cccc(C3CCC3)c2)c(F)cc1F. The quantitative estimate of drug-likeness (QED) is 0.878. The minimum atomic E-state index is -0.584. The van der Waals surface area contributed by atoms with Crippen LogP contribution in [0, 0.1) is 18.6 Å². The molecule has 1 aliphatic rings. The van der Waals surface area contributed by atoms with Crippen molar-refractivity contribution in [1.29, 1.82) is 0 Å². The molecule has 0 spiro atoms. The van der Waals surface area contributed by atoms with Crippen LogP contribution in [0.5, 0.6) is 0 Å². The van der Waals surface area contributed by atoms with Gasteiger partial charge >= 0.3 is 0 Å². The standard InChI is InChI=1S/C18H19F2N/c1-11-8-15(17(20)10-16(11)19)18(21)14-7-3-6-13(9-14)12-4-2-5-12/h3,6-10,12,18H,2,4-5,21H2,1H3. The second kappa shape index (κ2) is 5.57. The first kappa shape index (κ1) is 14.2. The maximum atomic E-state index is 14.0. The molecular formula is C18H19F2N. The van der Waals surface area contributed by atoms with E-state index in [1.54, 1.807) is 6.92 Å². The number of halogens is 2. The molecule has 1 nitrogen and oxygen atoms in total. The number of aryl methyl sites for hydroxylation is 1. The fourth-order valence-corrected chi connectivity index (χ4v) is 2.85. The molecule has 0 aliphatic heterocycles. The van der Waals surface area contributed by atoms with Gasteiger partial charge in [0.2, 0.25) is 0 Å². The first-order valence-electron chi connectivity index (χ1n) is 7.37. The number of hydrogen-bond donors (Lipinski definition) is 1. The Labute approximate surface area is 123 Å². The highest BCUT2D eigenvalue weighted by Gasteiger charge is 2.21. The van der Waals surface area contributed by atoms with Crippen LogP contribution in [-0.2, 0) is 0 Å². The topological polar surface area (TPSA) is 26.0 Å². The van der Waals surface area contributed by atoms with E-state index in [0.29, 0.717) is 17.0 Å². The van der Waals surface area contributed by atoms with E-state index in [1.165, 1.54) is 30.9 Å². The second-order valence-electron chi connectivity index (χ2n) is 5.90. The van der Waals surface area contributed by atoms with Gasteiger partial charge in [0.15, 0.2) is 0 Å². The summed E-state index contributed by atoms with van der Waals surface area (Å²) >= 11 is 0.